The van der Waals surface area contributed by atoms with Gasteiger partial charge < -0.3 is 10.4 Å². The highest BCUT2D eigenvalue weighted by Crippen LogP contribution is 2.30. The third kappa shape index (κ3) is 4.12. The lowest BCUT2D eigenvalue weighted by Gasteiger charge is -2.07. The first-order valence-corrected chi connectivity index (χ1v) is 11.0. The Morgan fingerprint density at radius 2 is 2.03 bits per heavy atom. The van der Waals surface area contributed by atoms with Crippen molar-refractivity contribution in [2.45, 2.75) is 26.9 Å². The van der Waals surface area contributed by atoms with Crippen molar-refractivity contribution in [2.24, 2.45) is 5.92 Å². The quantitative estimate of drug-likeness (QED) is 0.406. The summed E-state index contributed by atoms with van der Waals surface area (Å²) < 4.78 is 2.00. The highest BCUT2D eigenvalue weighted by molar-refractivity contribution is 7.12. The van der Waals surface area contributed by atoms with Crippen LogP contribution >= 0.6 is 22.9 Å². The molecular formula is C23H22ClN3O2S. The predicted octanol–water partition coefficient (Wildman–Crippen LogP) is 5.68. The number of carbonyl (C=O) groups excluding carboxylic acids is 1. The SMILES string of the molecule is CC(C)Cc1cn(-c2nc(C(=O)Nc3ccccc3CO)cs2)c2cc(Cl)ccc12. The molecule has 0 fully saturated rings. The first kappa shape index (κ1) is 20.6. The Labute approximate surface area is 184 Å². The van der Waals surface area contributed by atoms with Crippen molar-refractivity contribution in [2.75, 3.05) is 5.32 Å². The Morgan fingerprint density at radius 1 is 1.23 bits per heavy atom. The molecule has 4 rings (SSSR count). The number of nitrogens with one attached hydrogen (secondary N) is 1. The molecule has 2 aromatic heterocycles. The fourth-order valence-electron chi connectivity index (χ4n) is 3.48. The van der Waals surface area contributed by atoms with Crippen LogP contribution in [0.25, 0.3) is 16.0 Å². The third-order valence-corrected chi connectivity index (χ3v) is 5.92. The number of para-hydroxylation sites is 1. The molecule has 7 heteroatoms. The maximum Gasteiger partial charge on any atom is 0.275 e. The maximum atomic E-state index is 12.7. The number of rotatable bonds is 6. The zero-order valence-corrected chi connectivity index (χ0v) is 18.3. The first-order valence-electron chi connectivity index (χ1n) is 9.71. The van der Waals surface area contributed by atoms with Crippen LogP contribution in [-0.2, 0) is 13.0 Å². The van der Waals surface area contributed by atoms with Crippen LogP contribution in [0.15, 0.2) is 54.0 Å². The van der Waals surface area contributed by atoms with Crippen LogP contribution in [0, 0.1) is 5.92 Å². The number of thiazole rings is 1. The second-order valence-corrected chi connectivity index (χ2v) is 8.84. The van der Waals surface area contributed by atoms with E-state index >= 15 is 0 Å². The molecule has 0 aliphatic carbocycles. The molecule has 2 aromatic carbocycles. The third-order valence-electron chi connectivity index (χ3n) is 4.85. The van der Waals surface area contributed by atoms with Gasteiger partial charge in [-0.05, 0) is 36.1 Å². The van der Waals surface area contributed by atoms with E-state index < -0.39 is 0 Å². The average molecular weight is 440 g/mol. The molecule has 0 unspecified atom stereocenters. The van der Waals surface area contributed by atoms with Gasteiger partial charge in [0, 0.05) is 33.2 Å². The average Bonchev–Trinajstić information content (AvgIpc) is 3.33. The summed E-state index contributed by atoms with van der Waals surface area (Å²) in [6.45, 7) is 4.23. The Bertz CT molecular complexity index is 1210. The van der Waals surface area contributed by atoms with Gasteiger partial charge >= 0.3 is 0 Å². The number of halogens is 1. The standard InChI is InChI=1S/C23H22ClN3O2S/c1-14(2)9-16-11-27(21-10-17(24)7-8-18(16)21)23-26-20(13-30-23)22(29)25-19-6-4-3-5-15(19)12-28/h3-8,10-11,13-14,28H,9,12H2,1-2H3,(H,25,29). The van der Waals surface area contributed by atoms with E-state index in [0.717, 1.165) is 17.3 Å². The smallest absolute Gasteiger partial charge is 0.275 e. The normalized spacial score (nSPS) is 11.4. The van der Waals surface area contributed by atoms with Gasteiger partial charge in [-0.25, -0.2) is 4.98 Å². The van der Waals surface area contributed by atoms with Crippen molar-refractivity contribution in [3.8, 4) is 5.13 Å². The van der Waals surface area contributed by atoms with Gasteiger partial charge in [0.1, 0.15) is 5.69 Å². The zero-order chi connectivity index (χ0) is 21.3. The Morgan fingerprint density at radius 3 is 2.80 bits per heavy atom. The summed E-state index contributed by atoms with van der Waals surface area (Å²) in [5, 5.41) is 16.6. The summed E-state index contributed by atoms with van der Waals surface area (Å²) in [6, 6.07) is 13.0. The second kappa shape index (κ2) is 8.60. The number of benzene rings is 2. The molecule has 0 bridgehead atoms. The number of amides is 1. The summed E-state index contributed by atoms with van der Waals surface area (Å²) in [6.07, 6.45) is 3.03. The molecule has 30 heavy (non-hydrogen) atoms. The van der Waals surface area contributed by atoms with Crippen molar-refractivity contribution in [1.29, 1.82) is 0 Å². The molecule has 154 valence electrons. The van der Waals surface area contributed by atoms with Gasteiger partial charge in [-0.1, -0.05) is 49.7 Å². The van der Waals surface area contributed by atoms with E-state index in [2.05, 4.69) is 30.3 Å². The van der Waals surface area contributed by atoms with Crippen LogP contribution in [0.2, 0.25) is 5.02 Å². The predicted molar refractivity (Wildman–Crippen MR) is 123 cm³/mol. The minimum atomic E-state index is -0.310. The molecular weight excluding hydrogens is 418 g/mol. The molecule has 0 saturated heterocycles. The van der Waals surface area contributed by atoms with Crippen LogP contribution in [0.3, 0.4) is 0 Å². The molecule has 0 radical (unpaired) electrons. The number of aliphatic hydroxyl groups is 1. The van der Waals surface area contributed by atoms with Gasteiger partial charge in [0.25, 0.3) is 5.91 Å². The minimum Gasteiger partial charge on any atom is -0.392 e. The van der Waals surface area contributed by atoms with Crippen LogP contribution in [0.1, 0.15) is 35.5 Å². The lowest BCUT2D eigenvalue weighted by atomic mass is 10.0. The molecule has 1 amide bonds. The Kier molecular flexibility index (Phi) is 5.90. The second-order valence-electron chi connectivity index (χ2n) is 7.57. The number of fused-ring (bicyclic) bond motifs is 1. The molecule has 2 heterocycles. The van der Waals surface area contributed by atoms with Gasteiger partial charge in [0.05, 0.1) is 12.1 Å². The number of anilines is 1. The number of hydrogen-bond donors (Lipinski definition) is 2. The summed E-state index contributed by atoms with van der Waals surface area (Å²) in [5.74, 6) is 0.208. The number of nitrogens with zero attached hydrogens (tertiary/aromatic N) is 2. The Hall–Kier alpha value is -2.67. The van der Waals surface area contributed by atoms with E-state index in [1.165, 1.54) is 16.9 Å². The van der Waals surface area contributed by atoms with Gasteiger partial charge in [0.2, 0.25) is 0 Å². The number of aliphatic hydroxyl groups excluding tert-OH is 1. The molecule has 0 aliphatic heterocycles. The van der Waals surface area contributed by atoms with Gasteiger partial charge in [-0.3, -0.25) is 9.36 Å². The van der Waals surface area contributed by atoms with Crippen molar-refractivity contribution >= 4 is 45.4 Å². The van der Waals surface area contributed by atoms with E-state index in [9.17, 15) is 9.90 Å². The Balaban J connectivity index is 1.67. The molecule has 5 nitrogen and oxygen atoms in total. The van der Waals surface area contributed by atoms with E-state index in [1.807, 2.05) is 34.9 Å². The van der Waals surface area contributed by atoms with E-state index in [4.69, 9.17) is 11.6 Å². The monoisotopic (exact) mass is 439 g/mol. The summed E-state index contributed by atoms with van der Waals surface area (Å²) >= 11 is 7.66. The molecule has 4 aromatic rings. The van der Waals surface area contributed by atoms with Gasteiger partial charge in [0.15, 0.2) is 5.13 Å². The molecule has 2 N–H and O–H groups in total. The number of carbonyl (C=O) groups is 1. The van der Waals surface area contributed by atoms with Crippen LogP contribution < -0.4 is 5.32 Å². The van der Waals surface area contributed by atoms with Crippen molar-refractivity contribution in [1.82, 2.24) is 9.55 Å². The highest BCUT2D eigenvalue weighted by atomic mass is 35.5. The molecule has 0 atom stereocenters. The zero-order valence-electron chi connectivity index (χ0n) is 16.7. The topological polar surface area (TPSA) is 67.2 Å². The largest absolute Gasteiger partial charge is 0.392 e. The van der Waals surface area contributed by atoms with Crippen molar-refractivity contribution in [3.63, 3.8) is 0 Å². The van der Waals surface area contributed by atoms with Gasteiger partial charge in [-0.15, -0.1) is 11.3 Å². The summed E-state index contributed by atoms with van der Waals surface area (Å²) in [4.78, 5) is 17.3. The summed E-state index contributed by atoms with van der Waals surface area (Å²) in [7, 11) is 0. The highest BCUT2D eigenvalue weighted by Gasteiger charge is 2.17. The number of aromatic nitrogens is 2. The van der Waals surface area contributed by atoms with E-state index in [-0.39, 0.29) is 12.5 Å². The van der Waals surface area contributed by atoms with Gasteiger partial charge in [-0.2, -0.15) is 0 Å². The van der Waals surface area contributed by atoms with E-state index in [0.29, 0.717) is 33.0 Å². The molecule has 0 spiro atoms. The number of hydrogen-bond acceptors (Lipinski definition) is 4. The van der Waals surface area contributed by atoms with Crippen molar-refractivity contribution in [3.05, 3.63) is 75.9 Å². The first-order chi connectivity index (χ1) is 14.5. The fourth-order valence-corrected chi connectivity index (χ4v) is 4.44. The van der Waals surface area contributed by atoms with E-state index in [1.54, 1.807) is 17.5 Å². The minimum absolute atomic E-state index is 0.145. The van der Waals surface area contributed by atoms with Crippen LogP contribution in [0.5, 0.6) is 0 Å². The maximum absolute atomic E-state index is 12.7. The summed E-state index contributed by atoms with van der Waals surface area (Å²) in [5.41, 5.74) is 3.78. The van der Waals surface area contributed by atoms with Crippen molar-refractivity contribution < 1.29 is 9.90 Å². The van der Waals surface area contributed by atoms with Crippen LogP contribution in [-0.4, -0.2) is 20.6 Å². The fraction of sp³-hybridized carbons (Fsp3) is 0.217. The lowest BCUT2D eigenvalue weighted by Crippen LogP contribution is -2.14. The molecule has 0 aliphatic rings. The lowest BCUT2D eigenvalue weighted by molar-refractivity contribution is 0.102. The van der Waals surface area contributed by atoms with Crippen LogP contribution in [0.4, 0.5) is 5.69 Å². The molecule has 0 saturated carbocycles.